The van der Waals surface area contributed by atoms with Crippen molar-refractivity contribution < 1.29 is 29.3 Å². The van der Waals surface area contributed by atoms with Crippen molar-refractivity contribution >= 4 is 11.9 Å². The van der Waals surface area contributed by atoms with Crippen LogP contribution >= 0.6 is 0 Å². The summed E-state index contributed by atoms with van der Waals surface area (Å²) in [6.45, 7) is 3.11. The highest BCUT2D eigenvalue weighted by molar-refractivity contribution is 5.94. The zero-order valence-corrected chi connectivity index (χ0v) is 8.06. The summed E-state index contributed by atoms with van der Waals surface area (Å²) in [5.41, 5.74) is -0.0695. The number of hydrogen-bond donors (Lipinski definition) is 2. The lowest BCUT2D eigenvalue weighted by Crippen LogP contribution is -2.38. The van der Waals surface area contributed by atoms with E-state index in [1.54, 1.807) is 0 Å². The van der Waals surface area contributed by atoms with Crippen LogP contribution in [0.1, 0.15) is 19.3 Å². The van der Waals surface area contributed by atoms with Crippen LogP contribution in [-0.2, 0) is 19.1 Å². The number of hydrogen-bond acceptors (Lipinski definition) is 6. The van der Waals surface area contributed by atoms with E-state index in [0.717, 1.165) is 0 Å². The Morgan fingerprint density at radius 3 is 2.67 bits per heavy atom. The molecule has 0 aliphatic carbocycles. The average Bonchev–Trinajstić information content (AvgIpc) is 2.22. The van der Waals surface area contributed by atoms with Gasteiger partial charge in [-0.25, -0.2) is 4.79 Å². The third-order valence-corrected chi connectivity index (χ3v) is 1.82. The van der Waals surface area contributed by atoms with Gasteiger partial charge in [-0.15, -0.1) is 0 Å². The van der Waals surface area contributed by atoms with Gasteiger partial charge in [-0.2, -0.15) is 0 Å². The van der Waals surface area contributed by atoms with Crippen molar-refractivity contribution in [2.45, 2.75) is 25.2 Å². The monoisotopic (exact) mass is 216 g/mol. The molecule has 0 bridgehead atoms. The first-order valence-corrected chi connectivity index (χ1v) is 4.43. The second-order valence-corrected chi connectivity index (χ2v) is 3.18. The molecule has 0 amide bonds. The zero-order valence-electron chi connectivity index (χ0n) is 8.06. The highest BCUT2D eigenvalue weighted by Gasteiger charge is 2.39. The fourth-order valence-electron chi connectivity index (χ4n) is 1.10. The fourth-order valence-corrected chi connectivity index (χ4v) is 1.10. The van der Waals surface area contributed by atoms with Gasteiger partial charge in [-0.3, -0.25) is 4.79 Å². The molecule has 1 heterocycles. The van der Waals surface area contributed by atoms with Crippen molar-refractivity contribution in [1.82, 2.24) is 0 Å². The second kappa shape index (κ2) is 4.41. The van der Waals surface area contributed by atoms with Gasteiger partial charge in [-0.1, -0.05) is 6.58 Å². The molecule has 0 aromatic heterocycles. The molecule has 1 unspecified atom stereocenters. The maximum atomic E-state index is 11.2. The molecule has 1 aliphatic rings. The van der Waals surface area contributed by atoms with Crippen molar-refractivity contribution in [3.8, 4) is 0 Å². The summed E-state index contributed by atoms with van der Waals surface area (Å²) in [5, 5.41) is 18.2. The van der Waals surface area contributed by atoms with Crippen LogP contribution in [0, 0.1) is 0 Å². The van der Waals surface area contributed by atoms with Crippen molar-refractivity contribution in [2.24, 2.45) is 0 Å². The normalized spacial score (nSPS) is 26.9. The number of rotatable bonds is 3. The molecule has 1 saturated heterocycles. The van der Waals surface area contributed by atoms with Gasteiger partial charge in [0, 0.05) is 12.2 Å². The third-order valence-electron chi connectivity index (χ3n) is 1.82. The summed E-state index contributed by atoms with van der Waals surface area (Å²) in [7, 11) is 0. The first kappa shape index (κ1) is 11.7. The van der Waals surface area contributed by atoms with Crippen molar-refractivity contribution in [3.05, 3.63) is 12.2 Å². The number of ether oxygens (including phenoxy) is 2. The molecule has 1 fully saturated rings. The molecule has 1 aliphatic heterocycles. The highest BCUT2D eigenvalue weighted by atomic mass is 16.8. The number of carbonyl (C=O) groups excluding carboxylic acids is 2. The number of carbonyl (C=O) groups is 2. The van der Waals surface area contributed by atoms with Crippen molar-refractivity contribution in [3.63, 3.8) is 0 Å². The van der Waals surface area contributed by atoms with E-state index in [1.165, 1.54) is 0 Å². The Labute approximate surface area is 86.1 Å². The highest BCUT2D eigenvalue weighted by Crippen LogP contribution is 2.23. The van der Waals surface area contributed by atoms with E-state index in [-0.39, 0.29) is 31.4 Å². The van der Waals surface area contributed by atoms with Crippen LogP contribution in [0.2, 0.25) is 0 Å². The first-order valence-electron chi connectivity index (χ1n) is 4.43. The van der Waals surface area contributed by atoms with Gasteiger partial charge in [-0.05, 0) is 6.42 Å². The van der Waals surface area contributed by atoms with E-state index in [2.05, 4.69) is 16.1 Å². The van der Waals surface area contributed by atoms with Gasteiger partial charge >= 0.3 is 17.9 Å². The Morgan fingerprint density at radius 2 is 2.07 bits per heavy atom. The minimum atomic E-state index is -2.28. The second-order valence-electron chi connectivity index (χ2n) is 3.18. The predicted molar refractivity (Wildman–Crippen MR) is 47.2 cm³/mol. The Bertz CT molecular complexity index is 297. The molecule has 0 aromatic rings. The van der Waals surface area contributed by atoms with Crippen LogP contribution in [0.15, 0.2) is 12.2 Å². The molecule has 84 valence electrons. The summed E-state index contributed by atoms with van der Waals surface area (Å²) in [6.07, 6.45) is -0.335. The van der Waals surface area contributed by atoms with Gasteiger partial charge in [0.15, 0.2) is 0 Å². The first-order chi connectivity index (χ1) is 6.97. The Balaban J connectivity index is 2.76. The zero-order chi connectivity index (χ0) is 11.5. The molecule has 0 saturated carbocycles. The van der Waals surface area contributed by atoms with E-state index >= 15 is 0 Å². The van der Waals surface area contributed by atoms with E-state index in [9.17, 15) is 14.7 Å². The number of aliphatic hydroxyl groups excluding tert-OH is 1. The molecular formula is C9H12O6. The molecule has 6 heteroatoms. The quantitative estimate of drug-likeness (QED) is 0.485. The van der Waals surface area contributed by atoms with Crippen LogP contribution in [0.25, 0.3) is 0 Å². The third kappa shape index (κ3) is 3.03. The molecule has 1 atom stereocenters. The van der Waals surface area contributed by atoms with Gasteiger partial charge in [0.1, 0.15) is 0 Å². The lowest BCUT2D eigenvalue weighted by molar-refractivity contribution is -0.323. The van der Waals surface area contributed by atoms with Gasteiger partial charge in [0.05, 0.1) is 12.8 Å². The molecule has 0 spiro atoms. The molecular weight excluding hydrogens is 204 g/mol. The fraction of sp³-hybridized carbons (Fsp3) is 0.556. The van der Waals surface area contributed by atoms with Crippen LogP contribution in [0.5, 0.6) is 0 Å². The number of esters is 2. The molecule has 1 rings (SSSR count). The molecule has 0 radical (unpaired) electrons. The smallest absolute Gasteiger partial charge is 0.373 e. The van der Waals surface area contributed by atoms with Crippen molar-refractivity contribution in [1.29, 1.82) is 0 Å². The number of cyclic esters (lactones) is 2. The lowest BCUT2D eigenvalue weighted by Gasteiger charge is -2.24. The van der Waals surface area contributed by atoms with Crippen LogP contribution in [0.4, 0.5) is 0 Å². The van der Waals surface area contributed by atoms with Crippen LogP contribution in [-0.4, -0.2) is 34.7 Å². The Kier molecular flexibility index (Phi) is 3.43. The van der Waals surface area contributed by atoms with Crippen molar-refractivity contribution in [2.75, 3.05) is 6.61 Å². The average molecular weight is 216 g/mol. The molecule has 0 aromatic carbocycles. The topological polar surface area (TPSA) is 93.1 Å². The minimum absolute atomic E-state index is 0.0695. The lowest BCUT2D eigenvalue weighted by atomic mass is 10.2. The largest absolute Gasteiger partial charge is 0.398 e. The van der Waals surface area contributed by atoms with Gasteiger partial charge in [0.25, 0.3) is 0 Å². The maximum Gasteiger partial charge on any atom is 0.373 e. The summed E-state index contributed by atoms with van der Waals surface area (Å²) in [4.78, 5) is 22.2. The molecule has 6 nitrogen and oxygen atoms in total. The van der Waals surface area contributed by atoms with E-state index < -0.39 is 17.9 Å². The van der Waals surface area contributed by atoms with E-state index in [4.69, 9.17) is 5.11 Å². The van der Waals surface area contributed by atoms with Gasteiger partial charge < -0.3 is 19.7 Å². The number of aliphatic hydroxyl groups is 2. The summed E-state index contributed by atoms with van der Waals surface area (Å²) in [6, 6.07) is 0. The van der Waals surface area contributed by atoms with Crippen LogP contribution < -0.4 is 0 Å². The summed E-state index contributed by atoms with van der Waals surface area (Å²) >= 11 is 0. The SMILES string of the molecule is C=C1CC(=O)OC(O)(CCCO)OC1=O. The van der Waals surface area contributed by atoms with E-state index in [1.807, 2.05) is 0 Å². The predicted octanol–water partition coefficient (Wildman–Crippen LogP) is -0.549. The molecule has 2 N–H and O–H groups in total. The summed E-state index contributed by atoms with van der Waals surface area (Å²) in [5.74, 6) is -3.94. The molecule has 15 heavy (non-hydrogen) atoms. The maximum absolute atomic E-state index is 11.2. The summed E-state index contributed by atoms with van der Waals surface area (Å²) < 4.78 is 9.09. The Morgan fingerprint density at radius 1 is 1.40 bits per heavy atom. The van der Waals surface area contributed by atoms with Gasteiger partial charge in [0.2, 0.25) is 0 Å². The minimum Gasteiger partial charge on any atom is -0.398 e. The van der Waals surface area contributed by atoms with Crippen LogP contribution in [0.3, 0.4) is 0 Å². The Hall–Kier alpha value is -1.40. The standard InChI is InChI=1S/C9H12O6/c1-6-5-7(11)14-9(13,3-2-4-10)15-8(6)12/h10,13H,1-5H2. The van der Waals surface area contributed by atoms with E-state index in [0.29, 0.717) is 0 Å².